The summed E-state index contributed by atoms with van der Waals surface area (Å²) in [6.07, 6.45) is 0. The second-order valence-electron chi connectivity index (χ2n) is 10.1. The van der Waals surface area contributed by atoms with E-state index in [1.807, 2.05) is 48.5 Å². The summed E-state index contributed by atoms with van der Waals surface area (Å²) in [6, 6.07) is 38.5. The van der Waals surface area contributed by atoms with Gasteiger partial charge < -0.3 is 9.47 Å². The Morgan fingerprint density at radius 3 is 1.12 bits per heavy atom. The Hall–Kier alpha value is -6.34. The molecule has 0 unspecified atom stereocenters. The first-order valence-electron chi connectivity index (χ1n) is 13.2. The molecule has 42 heavy (non-hydrogen) atoms. The van der Waals surface area contributed by atoms with Crippen LogP contribution in [-0.4, -0.2) is 0 Å². The summed E-state index contributed by atoms with van der Waals surface area (Å²) in [6.45, 7) is 0. The van der Waals surface area contributed by atoms with E-state index >= 15 is 0 Å². The number of benzene rings is 5. The Kier molecular flexibility index (Phi) is 5.69. The monoisotopic (exact) mass is 538 g/mol. The van der Waals surface area contributed by atoms with Gasteiger partial charge in [0.2, 0.25) is 0 Å². The van der Waals surface area contributed by atoms with Gasteiger partial charge in [0, 0.05) is 23.0 Å². The largest absolute Gasteiger partial charge is 0.457 e. The summed E-state index contributed by atoms with van der Waals surface area (Å²) in [5.41, 5.74) is 7.77. The van der Waals surface area contributed by atoms with Crippen LogP contribution in [0.1, 0.15) is 67.5 Å². The fourth-order valence-electron chi connectivity index (χ4n) is 6.21. The summed E-state index contributed by atoms with van der Waals surface area (Å²) >= 11 is 0. The Labute approximate surface area is 242 Å². The Morgan fingerprint density at radius 2 is 0.786 bits per heavy atom. The molecular formula is C36H18N4O2. The Balaban J connectivity index is 1.44. The van der Waals surface area contributed by atoms with Crippen LogP contribution in [0.15, 0.2) is 97.1 Å². The third kappa shape index (κ3) is 3.69. The van der Waals surface area contributed by atoms with E-state index in [9.17, 15) is 21.0 Å². The van der Waals surface area contributed by atoms with Crippen molar-refractivity contribution in [2.24, 2.45) is 0 Å². The molecule has 0 aromatic heterocycles. The van der Waals surface area contributed by atoms with Gasteiger partial charge in [0.15, 0.2) is 0 Å². The summed E-state index contributed by atoms with van der Waals surface area (Å²) < 4.78 is 13.0. The van der Waals surface area contributed by atoms with Crippen molar-refractivity contribution in [3.05, 3.63) is 153 Å². The smallest absolute Gasteiger partial charge is 0.132 e. The third-order valence-corrected chi connectivity index (χ3v) is 7.94. The van der Waals surface area contributed by atoms with Crippen molar-refractivity contribution in [3.63, 3.8) is 0 Å². The molecule has 194 valence electrons. The molecule has 6 nitrogen and oxygen atoms in total. The van der Waals surface area contributed by atoms with Crippen molar-refractivity contribution >= 4 is 0 Å². The van der Waals surface area contributed by atoms with Crippen molar-refractivity contribution in [2.45, 2.75) is 11.8 Å². The molecule has 5 aromatic carbocycles. The maximum atomic E-state index is 9.57. The Morgan fingerprint density at radius 1 is 0.429 bits per heavy atom. The predicted octanol–water partition coefficient (Wildman–Crippen LogP) is 7.75. The molecule has 3 aliphatic rings. The van der Waals surface area contributed by atoms with Crippen LogP contribution >= 0.6 is 0 Å². The summed E-state index contributed by atoms with van der Waals surface area (Å²) in [5, 5.41) is 37.9. The minimum Gasteiger partial charge on any atom is -0.457 e. The molecule has 5 aromatic rings. The minimum absolute atomic E-state index is 0.125. The highest BCUT2D eigenvalue weighted by atomic mass is 16.5. The number of rotatable bonds is 4. The fourth-order valence-corrected chi connectivity index (χ4v) is 6.21. The first-order valence-corrected chi connectivity index (χ1v) is 13.2. The van der Waals surface area contributed by atoms with Gasteiger partial charge in [0.25, 0.3) is 0 Å². The van der Waals surface area contributed by atoms with Crippen molar-refractivity contribution in [2.75, 3.05) is 0 Å². The van der Waals surface area contributed by atoms with E-state index in [4.69, 9.17) is 9.47 Å². The van der Waals surface area contributed by atoms with Crippen LogP contribution < -0.4 is 9.47 Å². The lowest BCUT2D eigenvalue weighted by Crippen LogP contribution is -2.28. The molecule has 8 rings (SSSR count). The molecule has 0 aliphatic heterocycles. The van der Waals surface area contributed by atoms with Crippen LogP contribution in [0.4, 0.5) is 0 Å². The van der Waals surface area contributed by atoms with Gasteiger partial charge in [-0.05, 0) is 70.8 Å². The van der Waals surface area contributed by atoms with E-state index in [0.717, 1.165) is 11.1 Å². The summed E-state index contributed by atoms with van der Waals surface area (Å²) in [5.74, 6) is 1.91. The SMILES string of the molecule is N#Cc1ccc(Oc2ccc(Oc3ccc(C#N)c(C#N)c3)c3c2C2c4ccccc4C3c3ccccc32)cc1C#N. The van der Waals surface area contributed by atoms with Crippen molar-refractivity contribution in [1.29, 1.82) is 21.0 Å². The zero-order valence-corrected chi connectivity index (χ0v) is 22.0. The van der Waals surface area contributed by atoms with E-state index in [0.29, 0.717) is 23.0 Å². The van der Waals surface area contributed by atoms with Crippen LogP contribution in [0.25, 0.3) is 0 Å². The van der Waals surface area contributed by atoms with Gasteiger partial charge in [0.1, 0.15) is 47.3 Å². The van der Waals surface area contributed by atoms with Gasteiger partial charge in [-0.25, -0.2) is 0 Å². The maximum Gasteiger partial charge on any atom is 0.132 e. The molecule has 6 heteroatoms. The molecule has 0 saturated carbocycles. The zero-order valence-electron chi connectivity index (χ0n) is 22.0. The second-order valence-corrected chi connectivity index (χ2v) is 10.1. The van der Waals surface area contributed by atoms with Gasteiger partial charge in [-0.15, -0.1) is 0 Å². The molecule has 0 spiro atoms. The number of nitrogens with zero attached hydrogens (tertiary/aromatic N) is 4. The zero-order chi connectivity index (χ0) is 28.8. The molecule has 0 saturated heterocycles. The predicted molar refractivity (Wildman–Crippen MR) is 153 cm³/mol. The molecule has 0 N–H and O–H groups in total. The highest BCUT2D eigenvalue weighted by molar-refractivity contribution is 5.73. The van der Waals surface area contributed by atoms with E-state index in [-0.39, 0.29) is 34.1 Å². The molecule has 0 radical (unpaired) electrons. The van der Waals surface area contributed by atoms with Crippen LogP contribution in [0, 0.1) is 45.3 Å². The topological polar surface area (TPSA) is 114 Å². The van der Waals surface area contributed by atoms with Crippen molar-refractivity contribution < 1.29 is 9.47 Å². The number of nitriles is 4. The average molecular weight is 539 g/mol. The maximum absolute atomic E-state index is 9.57. The van der Waals surface area contributed by atoms with E-state index in [1.165, 1.54) is 22.3 Å². The quantitative estimate of drug-likeness (QED) is 0.226. The standard InChI is InChI=1S/C36H18N4O2/c37-17-21-9-11-25(15-23(21)19-39)41-31-13-14-32(42-26-12-10-22(18-38)24(16-26)20-40)36-34-28-6-2-1-5-27(28)33(35(31)36)29-7-3-4-8-30(29)34/h1-16,33-34H. The van der Waals surface area contributed by atoms with Crippen LogP contribution in [0.5, 0.6) is 23.0 Å². The van der Waals surface area contributed by atoms with E-state index in [2.05, 4.69) is 36.4 Å². The number of hydrogen-bond donors (Lipinski definition) is 0. The van der Waals surface area contributed by atoms with Gasteiger partial charge in [-0.2, -0.15) is 21.0 Å². The normalized spacial score (nSPS) is 15.0. The first kappa shape index (κ1) is 24.7. The molecule has 0 heterocycles. The highest BCUT2D eigenvalue weighted by Crippen LogP contribution is 2.60. The first-order chi connectivity index (χ1) is 20.6. The van der Waals surface area contributed by atoms with Gasteiger partial charge in [-0.1, -0.05) is 48.5 Å². The van der Waals surface area contributed by atoms with Crippen LogP contribution in [0.3, 0.4) is 0 Å². The minimum atomic E-state index is -0.125. The fraction of sp³-hybridized carbons (Fsp3) is 0.0556. The van der Waals surface area contributed by atoms with Crippen LogP contribution in [0.2, 0.25) is 0 Å². The second kappa shape index (κ2) is 9.69. The molecule has 0 fully saturated rings. The third-order valence-electron chi connectivity index (χ3n) is 7.94. The average Bonchev–Trinajstić information content (AvgIpc) is 3.05. The Bertz CT molecular complexity index is 1920. The van der Waals surface area contributed by atoms with E-state index < -0.39 is 0 Å². The molecular weight excluding hydrogens is 520 g/mol. The number of ether oxygens (including phenoxy) is 2. The number of hydrogen-bond acceptors (Lipinski definition) is 6. The van der Waals surface area contributed by atoms with Crippen molar-refractivity contribution in [1.82, 2.24) is 0 Å². The molecule has 3 aliphatic carbocycles. The summed E-state index contributed by atoms with van der Waals surface area (Å²) in [4.78, 5) is 0. The van der Waals surface area contributed by atoms with Gasteiger partial charge >= 0.3 is 0 Å². The van der Waals surface area contributed by atoms with Crippen molar-refractivity contribution in [3.8, 4) is 47.3 Å². The molecule has 2 bridgehead atoms. The van der Waals surface area contributed by atoms with Gasteiger partial charge in [0.05, 0.1) is 22.3 Å². The summed E-state index contributed by atoms with van der Waals surface area (Å²) in [7, 11) is 0. The van der Waals surface area contributed by atoms with E-state index in [1.54, 1.807) is 36.4 Å². The molecule has 0 amide bonds. The van der Waals surface area contributed by atoms with Crippen LogP contribution in [-0.2, 0) is 0 Å². The lowest BCUT2D eigenvalue weighted by atomic mass is 9.60. The highest BCUT2D eigenvalue weighted by Gasteiger charge is 2.44. The lowest BCUT2D eigenvalue weighted by molar-refractivity contribution is 0.451. The lowest BCUT2D eigenvalue weighted by Gasteiger charge is -2.43. The van der Waals surface area contributed by atoms with Gasteiger partial charge in [-0.3, -0.25) is 0 Å². The molecule has 0 atom stereocenters.